The molecule has 0 spiro atoms. The summed E-state index contributed by atoms with van der Waals surface area (Å²) in [6.07, 6.45) is 11.5. The summed E-state index contributed by atoms with van der Waals surface area (Å²) in [7, 11) is 3.80. The van der Waals surface area contributed by atoms with E-state index in [4.69, 9.17) is 19.9 Å². The Hall–Kier alpha value is -11.9. The molecule has 26 nitrogen and oxygen atoms in total. The number of piperazine rings is 4. The van der Waals surface area contributed by atoms with Gasteiger partial charge in [0.25, 0.3) is 22.2 Å². The number of nitrogens with one attached hydrogen (secondary N) is 4. The number of pyridine rings is 4. The maximum Gasteiger partial charge on any atom is 0.258 e. The molecule has 0 bridgehead atoms. The van der Waals surface area contributed by atoms with Gasteiger partial charge in [-0.05, 0) is 125 Å². The largest absolute Gasteiger partial charge is 0.368 e. The molecule has 2 atom stereocenters. The zero-order valence-electron chi connectivity index (χ0n) is 61.9. The summed E-state index contributed by atoms with van der Waals surface area (Å²) >= 11 is 3.34. The van der Waals surface area contributed by atoms with E-state index in [0.717, 1.165) is 189 Å². The molecule has 4 N–H and O–H groups in total. The molecular weight excluding hydrogens is 1420 g/mol. The van der Waals surface area contributed by atoms with Gasteiger partial charge in [-0.3, -0.25) is 46.1 Å². The number of thiazole rings is 2. The van der Waals surface area contributed by atoms with Crippen LogP contribution in [0.2, 0.25) is 0 Å². The maximum atomic E-state index is 12.8. The first-order valence-corrected chi connectivity index (χ1v) is 38.8. The van der Waals surface area contributed by atoms with Gasteiger partial charge in [0.05, 0.1) is 87.0 Å². The van der Waals surface area contributed by atoms with Crippen molar-refractivity contribution in [2.45, 2.75) is 39.8 Å². The van der Waals surface area contributed by atoms with Crippen molar-refractivity contribution < 1.29 is 0 Å². The van der Waals surface area contributed by atoms with Crippen LogP contribution >= 0.6 is 22.7 Å². The molecule has 0 aliphatic carbocycles. The minimum Gasteiger partial charge on any atom is -0.368 e. The lowest BCUT2D eigenvalue weighted by atomic mass is 10.1. The van der Waals surface area contributed by atoms with Crippen LogP contribution in [-0.2, 0) is 14.1 Å². The third kappa shape index (κ3) is 15.1. The molecular formula is C82H82N22O4S2. The molecule has 556 valence electrons. The molecule has 28 heteroatoms. The van der Waals surface area contributed by atoms with Gasteiger partial charge in [-0.2, -0.15) is 10.2 Å². The monoisotopic (exact) mass is 1500 g/mol. The summed E-state index contributed by atoms with van der Waals surface area (Å²) in [6.45, 7) is 21.6. The zero-order chi connectivity index (χ0) is 75.3. The van der Waals surface area contributed by atoms with Crippen molar-refractivity contribution in [2.75, 3.05) is 111 Å². The van der Waals surface area contributed by atoms with Gasteiger partial charge in [0.2, 0.25) is 0 Å². The fraction of sp³-hybridized carbons (Fsp3) is 0.268. The molecule has 0 saturated carbocycles. The van der Waals surface area contributed by atoms with E-state index < -0.39 is 0 Å². The predicted molar refractivity (Wildman–Crippen MR) is 441 cm³/mol. The van der Waals surface area contributed by atoms with Crippen LogP contribution in [0.4, 0.5) is 22.7 Å². The molecule has 0 amide bonds. The van der Waals surface area contributed by atoms with Crippen molar-refractivity contribution in [3.63, 3.8) is 0 Å². The summed E-state index contributed by atoms with van der Waals surface area (Å²) in [4.78, 5) is 88.3. The lowest BCUT2D eigenvalue weighted by Crippen LogP contribution is -2.49. The van der Waals surface area contributed by atoms with Crippen molar-refractivity contribution in [3.8, 4) is 45.0 Å². The van der Waals surface area contributed by atoms with Crippen LogP contribution in [0.15, 0.2) is 202 Å². The average molecular weight is 1500 g/mol. The molecule has 20 rings (SSSR count). The lowest BCUT2D eigenvalue weighted by Gasteiger charge is -2.33. The second kappa shape index (κ2) is 30.3. The lowest BCUT2D eigenvalue weighted by molar-refractivity contribution is 0.484. The summed E-state index contributed by atoms with van der Waals surface area (Å²) in [6, 6.07) is 47.2. The Labute approximate surface area is 639 Å². The number of nitrogens with zero attached hydrogens (tertiary/aromatic N) is 18. The SMILES string of the molecule is C[C@H]1CN(c2ccc3nc(-c4ccc5nn(C)cc5c4)cc(=O)n3c2)CCN1.Cc1nc2cc(-c3cc(=O)n4cc(N5CCNCC5)ccc4n3)ccc2s1.Cc1nc2cc(-c3cc(=O)n4cc(N5CCN[C@@H](C)C5)ccc4n3)ccc2s1.Cn1cc2cc(-c3cc(=O)n4cc(N5CCNCC5)ccc4n3)ccc2n1. The van der Waals surface area contributed by atoms with E-state index in [2.05, 4.69) is 80.9 Å². The van der Waals surface area contributed by atoms with Crippen LogP contribution in [0, 0.1) is 13.8 Å². The number of aryl methyl sites for hydroxylation is 4. The maximum absolute atomic E-state index is 12.8. The Morgan fingerprint density at radius 1 is 0.345 bits per heavy atom. The van der Waals surface area contributed by atoms with E-state index in [1.807, 2.05) is 180 Å². The van der Waals surface area contributed by atoms with Crippen molar-refractivity contribution in [1.29, 1.82) is 0 Å². The standard InChI is InChI=1S/C21H22N6O.C21H21N5OS.C20H20N6O.C20H19N5OS/c1-14-11-26(8-7-22-14)17-4-6-20-23-19(10-21(28)27(20)13-17)15-3-5-18-16(9-15)12-25(2)24-18;1-13-11-25(8-7-22-13)16-4-6-20-24-17(10-21(27)26(20)12-16)15-3-5-19-18(9-15)23-14(2)28-19;1-24-12-15-10-14(2-4-17(15)23-24)18-11-20(27)26-13-16(3-5-19(26)22-18)25-8-6-21-7-9-25;1-13-22-17-10-14(2-4-18(17)27-13)16-11-20(26)25-12-15(3-5-19(25)23-16)24-8-6-21-7-9-24/h3-6,9-10,12-14,22H,7-8,11H2,1-2H3;3-6,9-10,12-13,22H,7-8,11H2,1-2H3;2-5,10-13,21H,6-9H2,1H3;2-5,10-12,21H,6-9H2,1H3/t14-;13-;;/m00../s1. The third-order valence-electron chi connectivity index (χ3n) is 20.4. The van der Waals surface area contributed by atoms with Gasteiger partial charge < -0.3 is 40.9 Å². The Kier molecular flexibility index (Phi) is 19.5. The van der Waals surface area contributed by atoms with E-state index in [-0.39, 0.29) is 22.2 Å². The Bertz CT molecular complexity index is 6060. The van der Waals surface area contributed by atoms with Crippen molar-refractivity contribution in [1.82, 2.24) is 88.3 Å². The molecule has 4 aliphatic rings. The van der Waals surface area contributed by atoms with Crippen molar-refractivity contribution in [3.05, 3.63) is 234 Å². The van der Waals surface area contributed by atoms with Crippen LogP contribution in [0.5, 0.6) is 0 Å². The van der Waals surface area contributed by atoms with Gasteiger partial charge in [0.15, 0.2) is 0 Å². The average Bonchev–Trinajstić information content (AvgIpc) is 1.13. The smallest absolute Gasteiger partial charge is 0.258 e. The van der Waals surface area contributed by atoms with Gasteiger partial charge in [-0.25, -0.2) is 29.9 Å². The molecule has 4 aromatic carbocycles. The fourth-order valence-electron chi connectivity index (χ4n) is 14.9. The summed E-state index contributed by atoms with van der Waals surface area (Å²) in [5, 5.41) is 26.5. The number of hydrogen-bond donors (Lipinski definition) is 4. The van der Waals surface area contributed by atoms with E-state index in [0.29, 0.717) is 57.4 Å². The second-order valence-electron chi connectivity index (χ2n) is 28.4. The Balaban J connectivity index is 0.000000107. The Morgan fingerprint density at radius 2 is 0.664 bits per heavy atom. The van der Waals surface area contributed by atoms with Gasteiger partial charge in [-0.15, -0.1) is 22.7 Å². The molecule has 4 saturated heterocycles. The highest BCUT2D eigenvalue weighted by molar-refractivity contribution is 7.18. The highest BCUT2D eigenvalue weighted by atomic mass is 32.1. The normalized spacial score (nSPS) is 16.2. The summed E-state index contributed by atoms with van der Waals surface area (Å²) < 4.78 is 12.4. The molecule has 0 radical (unpaired) electrons. The first-order valence-electron chi connectivity index (χ1n) is 37.1. The second-order valence-corrected chi connectivity index (χ2v) is 30.9. The quantitative estimate of drug-likeness (QED) is 0.110. The zero-order valence-corrected chi connectivity index (χ0v) is 63.5. The van der Waals surface area contributed by atoms with E-state index in [1.165, 1.54) is 0 Å². The van der Waals surface area contributed by atoms with E-state index in [1.54, 1.807) is 73.9 Å². The van der Waals surface area contributed by atoms with Crippen LogP contribution in [0.3, 0.4) is 0 Å². The molecule has 0 unspecified atom stereocenters. The summed E-state index contributed by atoms with van der Waals surface area (Å²) in [5.74, 6) is 0. The molecule has 16 aromatic rings. The van der Waals surface area contributed by atoms with E-state index >= 15 is 0 Å². The number of aromatic nitrogens is 14. The van der Waals surface area contributed by atoms with Gasteiger partial charge in [0, 0.05) is 212 Å². The van der Waals surface area contributed by atoms with Crippen molar-refractivity contribution >= 4 is 110 Å². The predicted octanol–water partition coefficient (Wildman–Crippen LogP) is 9.47. The fourth-order valence-corrected chi connectivity index (χ4v) is 16.5. The molecule has 12 aromatic heterocycles. The number of fused-ring (bicyclic) bond motifs is 8. The minimum atomic E-state index is -0.0729. The number of anilines is 4. The van der Waals surface area contributed by atoms with Gasteiger partial charge >= 0.3 is 0 Å². The summed E-state index contributed by atoms with van der Waals surface area (Å²) in [5.41, 5.74) is 16.7. The van der Waals surface area contributed by atoms with Gasteiger partial charge in [0.1, 0.15) is 22.6 Å². The van der Waals surface area contributed by atoms with Gasteiger partial charge in [-0.1, -0.05) is 24.3 Å². The number of rotatable bonds is 8. The topological polar surface area (TPSA) is 260 Å². The first-order chi connectivity index (χ1) is 53.5. The highest BCUT2D eigenvalue weighted by Gasteiger charge is 2.22. The molecule has 4 fully saturated rings. The Morgan fingerprint density at radius 3 is 1.01 bits per heavy atom. The van der Waals surface area contributed by atoms with Crippen LogP contribution in [-0.4, -0.2) is 171 Å². The van der Waals surface area contributed by atoms with Crippen LogP contribution in [0.25, 0.3) is 110 Å². The third-order valence-corrected chi connectivity index (χ3v) is 22.3. The number of benzene rings is 4. The first kappa shape index (κ1) is 71.0. The van der Waals surface area contributed by atoms with Crippen LogP contribution in [0.1, 0.15) is 23.9 Å². The van der Waals surface area contributed by atoms with Crippen molar-refractivity contribution in [2.24, 2.45) is 14.1 Å². The van der Waals surface area contributed by atoms with Crippen LogP contribution < -0.4 is 63.1 Å². The van der Waals surface area contributed by atoms with E-state index in [9.17, 15) is 19.2 Å². The number of hydrogen-bond acceptors (Lipinski definition) is 22. The molecule has 110 heavy (non-hydrogen) atoms. The molecule has 4 aliphatic heterocycles. The minimum absolute atomic E-state index is 0.0680. The molecule has 16 heterocycles. The highest BCUT2D eigenvalue weighted by Crippen LogP contribution is 2.31.